The molecule has 0 spiro atoms. The van der Waals surface area contributed by atoms with Crippen LogP contribution in [0.2, 0.25) is 0 Å². The Bertz CT molecular complexity index is 1170. The summed E-state index contributed by atoms with van der Waals surface area (Å²) in [5.74, 6) is -1.01. The molecule has 186 valence electrons. The van der Waals surface area contributed by atoms with E-state index >= 15 is 0 Å². The number of ether oxygens (including phenoxy) is 2. The van der Waals surface area contributed by atoms with E-state index in [-0.39, 0.29) is 10.6 Å². The van der Waals surface area contributed by atoms with Gasteiger partial charge >= 0.3 is 10.1 Å². The zero-order chi connectivity index (χ0) is 25.4. The number of aryl methyl sites for hydroxylation is 1. The molecule has 3 aromatic rings. The van der Waals surface area contributed by atoms with E-state index in [2.05, 4.69) is 5.16 Å². The van der Waals surface area contributed by atoms with Crippen molar-refractivity contribution in [3.63, 3.8) is 0 Å². The number of halogens is 2. The fraction of sp³-hybridized carbons (Fsp3) is 0.269. The second-order valence-electron chi connectivity index (χ2n) is 7.82. The summed E-state index contributed by atoms with van der Waals surface area (Å²) in [6.07, 6.45) is 0. The number of alkyl halides is 2. The van der Waals surface area contributed by atoms with Gasteiger partial charge in [-0.05, 0) is 54.4 Å². The van der Waals surface area contributed by atoms with Crippen LogP contribution in [0.3, 0.4) is 0 Å². The van der Waals surface area contributed by atoms with E-state index in [9.17, 15) is 17.2 Å². The first-order chi connectivity index (χ1) is 16.8. The van der Waals surface area contributed by atoms with Crippen LogP contribution in [-0.2, 0) is 14.4 Å². The first kappa shape index (κ1) is 26.2. The van der Waals surface area contributed by atoms with Gasteiger partial charge in [-0.1, -0.05) is 47.1 Å². The van der Waals surface area contributed by atoms with Gasteiger partial charge in [0.05, 0.1) is 31.8 Å². The van der Waals surface area contributed by atoms with Crippen LogP contribution in [0.25, 0.3) is 0 Å². The maximum atomic E-state index is 14.4. The third-order valence-electron chi connectivity index (χ3n) is 5.61. The average molecular weight is 504 g/mol. The molecule has 0 fully saturated rings. The minimum absolute atomic E-state index is 0.0963. The molecule has 6 nitrogen and oxygen atoms in total. The van der Waals surface area contributed by atoms with E-state index in [0.717, 1.165) is 5.56 Å². The Hall–Kier alpha value is -3.46. The Balaban J connectivity index is 2.07. The van der Waals surface area contributed by atoms with Crippen LogP contribution < -0.4 is 9.47 Å². The Morgan fingerprint density at radius 2 is 1.20 bits per heavy atom. The molecule has 0 saturated heterocycles. The highest BCUT2D eigenvalue weighted by atomic mass is 32.2. The molecular formula is C26H27F2NO5S. The van der Waals surface area contributed by atoms with Crippen molar-refractivity contribution in [3.8, 4) is 11.5 Å². The molecular weight excluding hydrogens is 476 g/mol. The lowest BCUT2D eigenvalue weighted by Crippen LogP contribution is -2.25. The molecule has 0 saturated carbocycles. The fourth-order valence-corrected chi connectivity index (χ4v) is 4.30. The SMILES string of the molecule is COc1ccc(C(CF)C(=NOS(=O)(=O)c2ccc(C)cc2)C(CF)c2ccc(OC)cc2)cc1. The van der Waals surface area contributed by atoms with Crippen LogP contribution in [0.1, 0.15) is 28.5 Å². The number of methoxy groups -OCH3 is 2. The number of hydrogen-bond donors (Lipinski definition) is 0. The van der Waals surface area contributed by atoms with E-state index in [0.29, 0.717) is 22.6 Å². The summed E-state index contributed by atoms with van der Waals surface area (Å²) in [7, 11) is -1.31. The second-order valence-corrected chi connectivity index (χ2v) is 9.35. The zero-order valence-electron chi connectivity index (χ0n) is 19.6. The molecule has 3 rings (SSSR count). The summed E-state index contributed by atoms with van der Waals surface area (Å²) in [5, 5.41) is 3.86. The Kier molecular flexibility index (Phi) is 8.81. The smallest absolute Gasteiger partial charge is 0.358 e. The lowest BCUT2D eigenvalue weighted by molar-refractivity contribution is 0.329. The molecule has 0 radical (unpaired) electrons. The number of hydrogen-bond acceptors (Lipinski definition) is 6. The van der Waals surface area contributed by atoms with Crippen molar-refractivity contribution in [2.45, 2.75) is 23.7 Å². The zero-order valence-corrected chi connectivity index (χ0v) is 20.5. The largest absolute Gasteiger partial charge is 0.497 e. The van der Waals surface area contributed by atoms with Crippen molar-refractivity contribution in [2.24, 2.45) is 5.16 Å². The summed E-state index contributed by atoms with van der Waals surface area (Å²) in [6.45, 7) is -0.0908. The van der Waals surface area contributed by atoms with Gasteiger partial charge in [-0.2, -0.15) is 8.42 Å². The number of nitrogens with zero attached hydrogens (tertiary/aromatic N) is 1. The van der Waals surface area contributed by atoms with Crippen LogP contribution in [0, 0.1) is 6.92 Å². The van der Waals surface area contributed by atoms with Gasteiger partial charge in [0, 0.05) is 0 Å². The molecule has 0 aromatic heterocycles. The summed E-state index contributed by atoms with van der Waals surface area (Å²) < 4.78 is 69.7. The first-order valence-corrected chi connectivity index (χ1v) is 12.2. The summed E-state index contributed by atoms with van der Waals surface area (Å²) in [6, 6.07) is 19.0. The minimum Gasteiger partial charge on any atom is -0.497 e. The summed E-state index contributed by atoms with van der Waals surface area (Å²) in [5.41, 5.74) is 1.70. The topological polar surface area (TPSA) is 74.2 Å². The fourth-order valence-electron chi connectivity index (χ4n) is 3.56. The molecule has 0 bridgehead atoms. The highest BCUT2D eigenvalue weighted by Crippen LogP contribution is 2.31. The Morgan fingerprint density at radius 3 is 1.57 bits per heavy atom. The highest BCUT2D eigenvalue weighted by molar-refractivity contribution is 7.86. The molecule has 0 aliphatic heterocycles. The van der Waals surface area contributed by atoms with E-state index in [4.69, 9.17) is 13.8 Å². The molecule has 2 atom stereocenters. The molecule has 0 N–H and O–H groups in total. The molecule has 35 heavy (non-hydrogen) atoms. The van der Waals surface area contributed by atoms with Gasteiger partial charge in [0.15, 0.2) is 0 Å². The van der Waals surface area contributed by atoms with Crippen LogP contribution in [-0.4, -0.2) is 41.7 Å². The van der Waals surface area contributed by atoms with Gasteiger partial charge < -0.3 is 9.47 Å². The van der Waals surface area contributed by atoms with E-state index < -0.39 is 35.3 Å². The molecule has 3 aromatic carbocycles. The van der Waals surface area contributed by atoms with Crippen molar-refractivity contribution in [1.82, 2.24) is 0 Å². The molecule has 2 unspecified atom stereocenters. The predicted octanol–water partition coefficient (Wildman–Crippen LogP) is 5.58. The monoisotopic (exact) mass is 503 g/mol. The van der Waals surface area contributed by atoms with Crippen LogP contribution in [0.15, 0.2) is 82.8 Å². The first-order valence-electron chi connectivity index (χ1n) is 10.8. The molecule has 0 aliphatic carbocycles. The average Bonchev–Trinajstić information content (AvgIpc) is 2.88. The summed E-state index contributed by atoms with van der Waals surface area (Å²) >= 11 is 0. The van der Waals surface area contributed by atoms with Crippen LogP contribution in [0.4, 0.5) is 8.78 Å². The number of oxime groups is 1. The lowest BCUT2D eigenvalue weighted by atomic mass is 9.84. The van der Waals surface area contributed by atoms with Crippen molar-refractivity contribution in [2.75, 3.05) is 27.6 Å². The molecule has 9 heteroatoms. The summed E-state index contributed by atoms with van der Waals surface area (Å²) in [4.78, 5) is -0.117. The van der Waals surface area contributed by atoms with E-state index in [1.807, 2.05) is 6.92 Å². The third-order valence-corrected chi connectivity index (χ3v) is 6.73. The van der Waals surface area contributed by atoms with Gasteiger partial charge in [0.1, 0.15) is 29.7 Å². The van der Waals surface area contributed by atoms with Crippen LogP contribution >= 0.6 is 0 Å². The van der Waals surface area contributed by atoms with Gasteiger partial charge in [0.25, 0.3) is 0 Å². The predicted molar refractivity (Wildman–Crippen MR) is 130 cm³/mol. The van der Waals surface area contributed by atoms with Gasteiger partial charge in [-0.25, -0.2) is 0 Å². The van der Waals surface area contributed by atoms with Gasteiger partial charge in [-0.15, -0.1) is 0 Å². The van der Waals surface area contributed by atoms with Crippen molar-refractivity contribution in [1.29, 1.82) is 0 Å². The maximum Gasteiger partial charge on any atom is 0.358 e. The standard InChI is InChI=1S/C26H27F2NO5S/c1-18-4-14-23(15-5-18)35(30,31)34-29-26(24(16-27)19-6-10-21(32-2)11-7-19)25(17-28)20-8-12-22(33-3)13-9-20/h4-15,24-25H,16-17H2,1-3H3. The number of benzene rings is 3. The Morgan fingerprint density at radius 1 is 0.771 bits per heavy atom. The Labute approximate surface area is 204 Å². The quantitative estimate of drug-likeness (QED) is 0.252. The third kappa shape index (κ3) is 6.36. The highest BCUT2D eigenvalue weighted by Gasteiger charge is 2.30. The maximum absolute atomic E-state index is 14.4. The molecule has 0 amide bonds. The van der Waals surface area contributed by atoms with Crippen molar-refractivity contribution >= 4 is 15.8 Å². The normalized spacial score (nSPS) is 12.9. The van der Waals surface area contributed by atoms with Gasteiger partial charge in [-0.3, -0.25) is 13.1 Å². The van der Waals surface area contributed by atoms with Crippen LogP contribution in [0.5, 0.6) is 11.5 Å². The van der Waals surface area contributed by atoms with Crippen molar-refractivity contribution in [3.05, 3.63) is 89.5 Å². The van der Waals surface area contributed by atoms with E-state index in [1.54, 1.807) is 60.7 Å². The van der Waals surface area contributed by atoms with E-state index in [1.165, 1.54) is 26.4 Å². The lowest BCUT2D eigenvalue weighted by Gasteiger charge is -2.23. The van der Waals surface area contributed by atoms with Crippen molar-refractivity contribution < 1.29 is 31.0 Å². The molecule has 0 aliphatic rings. The van der Waals surface area contributed by atoms with Gasteiger partial charge in [0.2, 0.25) is 0 Å². The molecule has 0 heterocycles. The minimum atomic E-state index is -4.31. The second kappa shape index (κ2) is 11.8. The number of rotatable bonds is 11.